The van der Waals surface area contributed by atoms with Gasteiger partial charge < -0.3 is 28.5 Å². The van der Waals surface area contributed by atoms with Crippen molar-refractivity contribution in [3.8, 4) is 23.0 Å². The van der Waals surface area contributed by atoms with E-state index in [2.05, 4.69) is 4.98 Å². The molecule has 0 saturated carbocycles. The average molecular weight is 549 g/mol. The first kappa shape index (κ1) is 24.7. The molecule has 1 atom stereocenters. The highest BCUT2D eigenvalue weighted by Crippen LogP contribution is 2.48. The third-order valence-corrected chi connectivity index (χ3v) is 7.75. The van der Waals surface area contributed by atoms with Crippen LogP contribution < -0.4 is 24.5 Å². The fourth-order valence-corrected chi connectivity index (χ4v) is 5.74. The average Bonchev–Trinajstić information content (AvgIpc) is 3.46. The highest BCUT2D eigenvalue weighted by molar-refractivity contribution is 6.16. The summed E-state index contributed by atoms with van der Waals surface area (Å²) in [5.41, 5.74) is 3.24. The van der Waals surface area contributed by atoms with Crippen LogP contribution in [-0.2, 0) is 11.8 Å². The third kappa shape index (κ3) is 3.88. The Hall–Kier alpha value is -5.31. The number of methoxy groups -OCH3 is 2. The first-order valence-electron chi connectivity index (χ1n) is 13.0. The number of aromatic amines is 1. The molecular weight excluding hydrogens is 524 g/mol. The van der Waals surface area contributed by atoms with E-state index in [1.807, 2.05) is 42.1 Å². The fourth-order valence-electron chi connectivity index (χ4n) is 5.74. The molecule has 0 bridgehead atoms. The molecule has 2 aliphatic heterocycles. The van der Waals surface area contributed by atoms with Gasteiger partial charge in [0.15, 0.2) is 5.76 Å². The molecule has 4 heterocycles. The van der Waals surface area contributed by atoms with Gasteiger partial charge in [0.1, 0.15) is 23.0 Å². The summed E-state index contributed by atoms with van der Waals surface area (Å²) in [7, 11) is 5.08. The Balaban J connectivity index is 1.35. The van der Waals surface area contributed by atoms with Gasteiger partial charge in [0, 0.05) is 52.8 Å². The number of hydrogen-bond acceptors (Lipinski definition) is 7. The van der Waals surface area contributed by atoms with Crippen LogP contribution in [0.3, 0.4) is 0 Å². The normalized spacial score (nSPS) is 17.0. The van der Waals surface area contributed by atoms with Crippen molar-refractivity contribution in [3.63, 3.8) is 0 Å². The van der Waals surface area contributed by atoms with Gasteiger partial charge in [-0.25, -0.2) is 0 Å². The number of aryl methyl sites for hydroxylation is 1. The number of esters is 1. The molecule has 0 saturated heterocycles. The lowest BCUT2D eigenvalue weighted by Gasteiger charge is -2.26. The van der Waals surface area contributed by atoms with E-state index < -0.39 is 11.9 Å². The van der Waals surface area contributed by atoms with E-state index in [4.69, 9.17) is 18.9 Å². The summed E-state index contributed by atoms with van der Waals surface area (Å²) in [6.07, 6.45) is 3.55. The Morgan fingerprint density at radius 2 is 1.73 bits per heavy atom. The van der Waals surface area contributed by atoms with E-state index in [1.54, 1.807) is 50.6 Å². The maximum absolute atomic E-state index is 13.6. The molecule has 3 aromatic carbocycles. The molecular formula is C32H24N2O7. The molecule has 1 unspecified atom stereocenters. The first-order chi connectivity index (χ1) is 19.8. The summed E-state index contributed by atoms with van der Waals surface area (Å²) in [6.45, 7) is 0. The first-order valence-corrected chi connectivity index (χ1v) is 13.0. The van der Waals surface area contributed by atoms with Crippen molar-refractivity contribution in [1.82, 2.24) is 9.55 Å². The number of aromatic nitrogens is 2. The number of fused-ring (bicyclic) bond motifs is 5. The minimum atomic E-state index is -0.676. The summed E-state index contributed by atoms with van der Waals surface area (Å²) in [4.78, 5) is 42.4. The maximum atomic E-state index is 13.6. The molecule has 204 valence electrons. The Labute approximate surface area is 233 Å². The van der Waals surface area contributed by atoms with Gasteiger partial charge in [-0.2, -0.15) is 0 Å². The molecule has 0 fully saturated rings. The molecule has 2 aliphatic rings. The highest BCUT2D eigenvalue weighted by Gasteiger charge is 2.39. The van der Waals surface area contributed by atoms with E-state index in [1.165, 1.54) is 0 Å². The van der Waals surface area contributed by atoms with Gasteiger partial charge in [0.2, 0.25) is 5.78 Å². The Morgan fingerprint density at radius 1 is 0.951 bits per heavy atom. The van der Waals surface area contributed by atoms with E-state index in [0.29, 0.717) is 39.5 Å². The van der Waals surface area contributed by atoms with E-state index in [9.17, 15) is 14.4 Å². The lowest BCUT2D eigenvalue weighted by molar-refractivity contribution is -0.135. The lowest BCUT2D eigenvalue weighted by Crippen LogP contribution is -2.26. The Morgan fingerprint density at radius 3 is 2.54 bits per heavy atom. The number of nitrogens with zero attached hydrogens (tertiary/aromatic N) is 1. The van der Waals surface area contributed by atoms with E-state index >= 15 is 0 Å². The Kier molecular flexibility index (Phi) is 5.50. The van der Waals surface area contributed by atoms with Crippen LogP contribution in [0.2, 0.25) is 0 Å². The number of carbonyl (C=O) groups excluding carboxylic acids is 2. The zero-order valence-electron chi connectivity index (χ0n) is 22.4. The monoisotopic (exact) mass is 548 g/mol. The second-order valence-corrected chi connectivity index (χ2v) is 10.1. The van der Waals surface area contributed by atoms with Crippen molar-refractivity contribution < 1.29 is 28.5 Å². The van der Waals surface area contributed by atoms with Gasteiger partial charge in [-0.1, -0.05) is 0 Å². The van der Waals surface area contributed by atoms with Gasteiger partial charge >= 0.3 is 5.97 Å². The Bertz CT molecular complexity index is 2030. The summed E-state index contributed by atoms with van der Waals surface area (Å²) in [5, 5.41) is 1.68. The van der Waals surface area contributed by atoms with Crippen LogP contribution in [0.25, 0.3) is 27.9 Å². The third-order valence-electron chi connectivity index (χ3n) is 7.75. The van der Waals surface area contributed by atoms with Crippen LogP contribution in [0.15, 0.2) is 71.3 Å². The molecule has 0 spiro atoms. The smallest absolute Gasteiger partial charge is 0.312 e. The molecule has 0 aliphatic carbocycles. The fraction of sp³-hybridized carbons (Fsp3) is 0.156. The van der Waals surface area contributed by atoms with Crippen molar-refractivity contribution in [2.24, 2.45) is 7.05 Å². The van der Waals surface area contributed by atoms with Crippen molar-refractivity contribution in [2.45, 2.75) is 12.3 Å². The van der Waals surface area contributed by atoms with Gasteiger partial charge in [-0.3, -0.25) is 14.4 Å². The number of allylic oxidation sites excluding steroid dienone is 1. The predicted octanol–water partition coefficient (Wildman–Crippen LogP) is 5.09. The second kappa shape index (κ2) is 9.12. The molecule has 1 N–H and O–H groups in total. The molecule has 0 radical (unpaired) electrons. The van der Waals surface area contributed by atoms with Crippen LogP contribution in [0.1, 0.15) is 39.4 Å². The quantitative estimate of drug-likeness (QED) is 0.189. The number of ether oxygens (including phenoxy) is 4. The number of nitrogens with one attached hydrogen (secondary N) is 1. The predicted molar refractivity (Wildman–Crippen MR) is 152 cm³/mol. The van der Waals surface area contributed by atoms with E-state index in [-0.39, 0.29) is 29.3 Å². The number of H-pyrrole nitrogens is 1. The molecule has 41 heavy (non-hydrogen) atoms. The number of rotatable bonds is 4. The molecule has 0 amide bonds. The number of carbonyl (C=O) groups is 2. The van der Waals surface area contributed by atoms with Crippen molar-refractivity contribution >= 4 is 39.6 Å². The van der Waals surface area contributed by atoms with Gasteiger partial charge in [-0.05, 0) is 60.0 Å². The summed E-state index contributed by atoms with van der Waals surface area (Å²) in [6, 6.07) is 16.1. The summed E-state index contributed by atoms with van der Waals surface area (Å²) in [5.74, 6) is 0.569. The number of benzene rings is 3. The minimum absolute atomic E-state index is 0.0755. The van der Waals surface area contributed by atoms with Gasteiger partial charge in [0.05, 0.1) is 31.7 Å². The van der Waals surface area contributed by atoms with Crippen LogP contribution in [0.5, 0.6) is 23.0 Å². The number of pyridine rings is 1. The van der Waals surface area contributed by atoms with Gasteiger partial charge in [-0.15, -0.1) is 0 Å². The summed E-state index contributed by atoms with van der Waals surface area (Å²) < 4.78 is 24.4. The van der Waals surface area contributed by atoms with Crippen molar-refractivity contribution in [2.75, 3.05) is 14.2 Å². The van der Waals surface area contributed by atoms with Crippen LogP contribution in [0, 0.1) is 0 Å². The number of ketones is 1. The summed E-state index contributed by atoms with van der Waals surface area (Å²) >= 11 is 0. The molecule has 7 rings (SSSR count). The van der Waals surface area contributed by atoms with Gasteiger partial charge in [0.25, 0.3) is 5.56 Å². The topological polar surface area (TPSA) is 109 Å². The highest BCUT2D eigenvalue weighted by atomic mass is 16.5. The molecule has 9 nitrogen and oxygen atoms in total. The van der Waals surface area contributed by atoms with Crippen molar-refractivity contribution in [1.29, 1.82) is 0 Å². The molecule has 9 heteroatoms. The largest absolute Gasteiger partial charge is 0.497 e. The van der Waals surface area contributed by atoms with Crippen LogP contribution in [0.4, 0.5) is 0 Å². The minimum Gasteiger partial charge on any atom is -0.497 e. The maximum Gasteiger partial charge on any atom is 0.312 e. The van der Waals surface area contributed by atoms with Crippen molar-refractivity contribution in [3.05, 3.63) is 99.2 Å². The lowest BCUT2D eigenvalue weighted by atomic mass is 9.85. The van der Waals surface area contributed by atoms with Crippen LogP contribution >= 0.6 is 0 Å². The molecule has 5 aromatic rings. The number of hydrogen-bond donors (Lipinski definition) is 1. The van der Waals surface area contributed by atoms with E-state index in [0.717, 1.165) is 21.9 Å². The second-order valence-electron chi connectivity index (χ2n) is 10.1. The zero-order chi connectivity index (χ0) is 28.4. The SMILES string of the molecule is COc1ccc2cc(C3CC(=O)Oc4ccc5c(c43)O/C(=C\c3cn(C)c4ccc(OC)cc34)C5=O)c(=O)[nH]c2c1. The van der Waals surface area contributed by atoms with Crippen LogP contribution in [-0.4, -0.2) is 35.5 Å². The zero-order valence-corrected chi connectivity index (χ0v) is 22.4. The number of Topliss-reactive ketones (excluding diaryl/α,β-unsaturated/α-hetero) is 1. The molecule has 2 aromatic heterocycles. The standard InChI is InChI=1S/C32H24N2O7/c1-34-15-17(21-12-18(38-2)6-8-25(21)34)11-27-30(36)20-7-9-26-29(31(20)41-27)22(14-28(35)40-26)23-10-16-4-5-19(39-3)13-24(16)33-32(23)37/h4-13,15,22H,14H2,1-3H3,(H,33,37)/b27-11-.